The Kier molecular flexibility index (Phi) is 3.33. The van der Waals surface area contributed by atoms with E-state index >= 15 is 0 Å². The van der Waals surface area contributed by atoms with Crippen LogP contribution in [0.15, 0.2) is 46.9 Å². The van der Waals surface area contributed by atoms with E-state index < -0.39 is 0 Å². The van der Waals surface area contributed by atoms with Gasteiger partial charge in [-0.05, 0) is 40.0 Å². The molecule has 1 N–H and O–H groups in total. The molecule has 1 saturated heterocycles. The van der Waals surface area contributed by atoms with E-state index in [0.29, 0.717) is 5.75 Å². The highest BCUT2D eigenvalue weighted by Gasteiger charge is 2.36. The first-order chi connectivity index (χ1) is 9.16. The van der Waals surface area contributed by atoms with Crippen LogP contribution in [0.5, 0.6) is 5.75 Å². The summed E-state index contributed by atoms with van der Waals surface area (Å²) >= 11 is 3.42. The Bertz CT molecular complexity index is 591. The number of hydrogen-bond acceptors (Lipinski definition) is 2. The molecule has 3 heteroatoms. The highest BCUT2D eigenvalue weighted by molar-refractivity contribution is 9.10. The number of phenolic OH excluding ortho intramolecular Hbond substituents is 1. The normalized spacial score (nSPS) is 19.2. The number of benzene rings is 2. The molecule has 0 radical (unpaired) electrons. The zero-order valence-electron chi connectivity index (χ0n) is 10.6. The third kappa shape index (κ3) is 2.53. The molecule has 19 heavy (non-hydrogen) atoms. The number of ether oxygens (including phenoxy) is 1. The SMILES string of the molecule is Cc1cc(Br)c(O)c(C(c2ccccc2)C2CO2)c1. The van der Waals surface area contributed by atoms with Gasteiger partial charge < -0.3 is 9.84 Å². The van der Waals surface area contributed by atoms with Crippen molar-refractivity contribution in [2.75, 3.05) is 6.61 Å². The van der Waals surface area contributed by atoms with Crippen LogP contribution < -0.4 is 0 Å². The van der Waals surface area contributed by atoms with Crippen molar-refractivity contribution in [1.82, 2.24) is 0 Å². The Morgan fingerprint density at radius 3 is 2.58 bits per heavy atom. The quantitative estimate of drug-likeness (QED) is 0.868. The van der Waals surface area contributed by atoms with Gasteiger partial charge in [0.25, 0.3) is 0 Å². The zero-order valence-corrected chi connectivity index (χ0v) is 12.2. The largest absolute Gasteiger partial charge is 0.506 e. The van der Waals surface area contributed by atoms with Crippen LogP contribution in [0.1, 0.15) is 22.6 Å². The van der Waals surface area contributed by atoms with Crippen LogP contribution in [0.25, 0.3) is 0 Å². The molecule has 2 nitrogen and oxygen atoms in total. The first-order valence-corrected chi connectivity index (χ1v) is 7.11. The molecule has 98 valence electrons. The predicted octanol–water partition coefficient (Wildman–Crippen LogP) is 3.99. The number of halogens is 1. The lowest BCUT2D eigenvalue weighted by molar-refractivity contribution is 0.382. The molecule has 0 spiro atoms. The summed E-state index contributed by atoms with van der Waals surface area (Å²) in [5, 5.41) is 10.3. The van der Waals surface area contributed by atoms with E-state index in [1.54, 1.807) is 0 Å². The van der Waals surface area contributed by atoms with E-state index in [-0.39, 0.29) is 12.0 Å². The summed E-state index contributed by atoms with van der Waals surface area (Å²) in [4.78, 5) is 0. The van der Waals surface area contributed by atoms with E-state index in [1.165, 1.54) is 5.56 Å². The van der Waals surface area contributed by atoms with Gasteiger partial charge in [-0.1, -0.05) is 36.4 Å². The summed E-state index contributed by atoms with van der Waals surface area (Å²) in [7, 11) is 0. The fourth-order valence-electron chi connectivity index (χ4n) is 2.50. The molecule has 0 saturated carbocycles. The van der Waals surface area contributed by atoms with Gasteiger partial charge in [-0.3, -0.25) is 0 Å². The predicted molar refractivity (Wildman–Crippen MR) is 78.6 cm³/mol. The number of phenols is 1. The van der Waals surface area contributed by atoms with Crippen molar-refractivity contribution in [3.63, 3.8) is 0 Å². The van der Waals surface area contributed by atoms with Gasteiger partial charge in [0.05, 0.1) is 17.2 Å². The van der Waals surface area contributed by atoms with Gasteiger partial charge in [0.15, 0.2) is 0 Å². The second-order valence-corrected chi connectivity index (χ2v) is 5.80. The molecule has 2 aromatic carbocycles. The van der Waals surface area contributed by atoms with Gasteiger partial charge in [-0.25, -0.2) is 0 Å². The lowest BCUT2D eigenvalue weighted by Crippen LogP contribution is -2.09. The molecule has 1 fully saturated rings. The average Bonchev–Trinajstić information content (AvgIpc) is 3.21. The van der Waals surface area contributed by atoms with Crippen molar-refractivity contribution in [3.05, 3.63) is 63.6 Å². The van der Waals surface area contributed by atoms with Gasteiger partial charge in [0.1, 0.15) is 5.75 Å². The lowest BCUT2D eigenvalue weighted by atomic mass is 9.87. The lowest BCUT2D eigenvalue weighted by Gasteiger charge is -2.18. The Morgan fingerprint density at radius 1 is 1.26 bits per heavy atom. The maximum Gasteiger partial charge on any atom is 0.133 e. The summed E-state index contributed by atoms with van der Waals surface area (Å²) in [6.07, 6.45) is 0.169. The molecular formula is C16H15BrO2. The maximum atomic E-state index is 10.3. The first-order valence-electron chi connectivity index (χ1n) is 6.32. The van der Waals surface area contributed by atoms with E-state index in [9.17, 15) is 5.11 Å². The number of hydrogen-bond donors (Lipinski definition) is 1. The Balaban J connectivity index is 2.11. The van der Waals surface area contributed by atoms with Gasteiger partial charge >= 0.3 is 0 Å². The smallest absolute Gasteiger partial charge is 0.133 e. The summed E-state index contributed by atoms with van der Waals surface area (Å²) in [6, 6.07) is 14.2. The van der Waals surface area contributed by atoms with Crippen molar-refractivity contribution in [1.29, 1.82) is 0 Å². The van der Waals surface area contributed by atoms with Crippen LogP contribution >= 0.6 is 15.9 Å². The van der Waals surface area contributed by atoms with Crippen molar-refractivity contribution in [2.24, 2.45) is 0 Å². The standard InChI is InChI=1S/C16H15BrO2/c1-10-7-12(16(18)13(17)8-10)15(14-9-19-14)11-5-3-2-4-6-11/h2-8,14-15,18H,9H2,1H3. The molecule has 2 atom stereocenters. The maximum absolute atomic E-state index is 10.3. The minimum absolute atomic E-state index is 0.0948. The molecule has 2 aromatic rings. The van der Waals surface area contributed by atoms with Crippen LogP contribution in [0.3, 0.4) is 0 Å². The Hall–Kier alpha value is -1.32. The third-order valence-electron chi connectivity index (χ3n) is 3.46. The van der Waals surface area contributed by atoms with Crippen molar-refractivity contribution < 1.29 is 9.84 Å². The molecular weight excluding hydrogens is 304 g/mol. The van der Waals surface area contributed by atoms with Crippen LogP contribution in [0, 0.1) is 6.92 Å². The fourth-order valence-corrected chi connectivity index (χ4v) is 3.09. The third-order valence-corrected chi connectivity index (χ3v) is 4.07. The highest BCUT2D eigenvalue weighted by atomic mass is 79.9. The van der Waals surface area contributed by atoms with E-state index in [4.69, 9.17) is 4.74 Å². The first kappa shape index (κ1) is 12.7. The fraction of sp³-hybridized carbons (Fsp3) is 0.250. The Labute approximate surface area is 121 Å². The summed E-state index contributed by atoms with van der Waals surface area (Å²) in [5.41, 5.74) is 3.24. The second kappa shape index (κ2) is 4.99. The minimum atomic E-state index is 0.0948. The van der Waals surface area contributed by atoms with Crippen LogP contribution in [-0.4, -0.2) is 17.8 Å². The molecule has 3 rings (SSSR count). The number of rotatable bonds is 3. The van der Waals surface area contributed by atoms with E-state index in [1.807, 2.05) is 37.3 Å². The average molecular weight is 319 g/mol. The van der Waals surface area contributed by atoms with Gasteiger partial charge in [0.2, 0.25) is 0 Å². The van der Waals surface area contributed by atoms with Crippen LogP contribution in [-0.2, 0) is 4.74 Å². The molecule has 1 aliphatic heterocycles. The van der Waals surface area contributed by atoms with Gasteiger partial charge in [-0.2, -0.15) is 0 Å². The van der Waals surface area contributed by atoms with Gasteiger partial charge in [0, 0.05) is 11.5 Å². The summed E-state index contributed by atoms with van der Waals surface area (Å²) < 4.78 is 6.23. The molecule has 2 unspecified atom stereocenters. The van der Waals surface area contributed by atoms with Gasteiger partial charge in [-0.15, -0.1) is 0 Å². The van der Waals surface area contributed by atoms with E-state index in [2.05, 4.69) is 28.1 Å². The minimum Gasteiger partial charge on any atom is -0.506 e. The molecule has 1 heterocycles. The monoisotopic (exact) mass is 318 g/mol. The molecule has 0 aromatic heterocycles. The molecule has 0 amide bonds. The highest BCUT2D eigenvalue weighted by Crippen LogP contribution is 2.42. The van der Waals surface area contributed by atoms with Crippen molar-refractivity contribution >= 4 is 15.9 Å². The van der Waals surface area contributed by atoms with Crippen molar-refractivity contribution in [2.45, 2.75) is 18.9 Å². The van der Waals surface area contributed by atoms with Crippen LogP contribution in [0.2, 0.25) is 0 Å². The van der Waals surface area contributed by atoms with E-state index in [0.717, 1.165) is 22.2 Å². The topological polar surface area (TPSA) is 32.8 Å². The number of aromatic hydroxyl groups is 1. The summed E-state index contributed by atoms with van der Waals surface area (Å²) in [6.45, 7) is 2.79. The van der Waals surface area contributed by atoms with Crippen molar-refractivity contribution in [3.8, 4) is 5.75 Å². The number of epoxide rings is 1. The summed E-state index contributed by atoms with van der Waals surface area (Å²) in [5.74, 6) is 0.410. The molecule has 0 bridgehead atoms. The molecule has 0 aliphatic carbocycles. The Morgan fingerprint density at radius 2 is 1.95 bits per heavy atom. The van der Waals surface area contributed by atoms with Crippen LogP contribution in [0.4, 0.5) is 0 Å². The number of aryl methyl sites for hydroxylation is 1. The zero-order chi connectivity index (χ0) is 13.4. The molecule has 1 aliphatic rings. The second-order valence-electron chi connectivity index (χ2n) is 4.94.